The predicted octanol–water partition coefficient (Wildman–Crippen LogP) is 18.4. The smallest absolute Gasteiger partial charge is 0.201 e. The fourth-order valence-corrected chi connectivity index (χ4v) is 10.7. The van der Waals surface area contributed by atoms with E-state index in [1.165, 1.54) is 49.0 Å². The minimum atomic E-state index is -6.13. The number of benzene rings is 9. The molecule has 0 radical (unpaired) electrons. The van der Waals surface area contributed by atoms with Crippen LogP contribution < -0.4 is 26.4 Å². The number of fused-ring (bicyclic) bond motifs is 3. The lowest BCUT2D eigenvalue weighted by Gasteiger charge is -2.46. The second-order valence-electron chi connectivity index (χ2n) is 20.4. The SMILES string of the molecule is FC(F)(F)c1cc([B-](c2cc(C(F)(F)F)cc(C(F)(F)F)c2)(c2cc(C(F)(F)F)cc(C(F)(F)F)c2)c2cc(C(F)(F)F)cc(C(F)(F)F)c2)cc(C(F)(F)F)c1.c1ccc(C[n+]2ccc(-c3c4ccccc4cc4cc5ccccc5cc34)cc2)cc1. The standard InChI is InChI=1S/C32H12BF24.C30H22N/c34-25(35,36)13-1-14(26(37,38)39)6-21(5-13)33(22-7-15(27(40,41)42)2-16(8-22)28(43,44)45,23-9-17(29(46,47)48)3-18(10-23)30(49,50)51)24-11-19(31(52,53)54)4-20(12-24)32(55,56)57;1-2-8-22(9-3-1)21-31-16-14-23(15-17-31)30-28-13-7-6-12-26(28)19-27-18-24-10-4-5-11-25(24)20-29(27)30/h1-12H;1-20H,21H2/q-1;+1. The summed E-state index contributed by atoms with van der Waals surface area (Å²) in [6, 6.07) is 30.6. The maximum Gasteiger partial charge on any atom is 0.416 e. The van der Waals surface area contributed by atoms with Crippen LogP contribution in [0.2, 0.25) is 0 Å². The molecule has 458 valence electrons. The van der Waals surface area contributed by atoms with Crippen LogP contribution in [0.15, 0.2) is 194 Å². The Balaban J connectivity index is 0.000000246. The summed E-state index contributed by atoms with van der Waals surface area (Å²) in [4.78, 5) is 0. The lowest BCUT2D eigenvalue weighted by molar-refractivity contribution is -0.688. The minimum Gasteiger partial charge on any atom is -0.201 e. The van der Waals surface area contributed by atoms with Crippen molar-refractivity contribution in [2.75, 3.05) is 0 Å². The largest absolute Gasteiger partial charge is 0.416 e. The first-order valence-corrected chi connectivity index (χ1v) is 25.3. The molecule has 0 amide bonds. The van der Waals surface area contributed by atoms with Gasteiger partial charge in [-0.2, -0.15) is 127 Å². The molecule has 1 aromatic heterocycles. The molecule has 9 aromatic carbocycles. The number of nitrogens with zero attached hydrogens (tertiary/aromatic N) is 1. The third-order valence-electron chi connectivity index (χ3n) is 14.6. The van der Waals surface area contributed by atoms with E-state index in [0.717, 1.165) is 6.54 Å². The molecule has 0 spiro atoms. The second kappa shape index (κ2) is 22.5. The molecular formula is C62H34BF24N. The van der Waals surface area contributed by atoms with Crippen LogP contribution in [0, 0.1) is 0 Å². The Bertz CT molecular complexity index is 3780. The molecule has 1 nitrogen and oxygen atoms in total. The van der Waals surface area contributed by atoms with Crippen molar-refractivity contribution < 1.29 is 110 Å². The van der Waals surface area contributed by atoms with Gasteiger partial charge >= 0.3 is 49.4 Å². The quantitative estimate of drug-likeness (QED) is 0.0648. The van der Waals surface area contributed by atoms with Gasteiger partial charge in [0.2, 0.25) is 0 Å². The van der Waals surface area contributed by atoms with Crippen molar-refractivity contribution in [2.24, 2.45) is 0 Å². The van der Waals surface area contributed by atoms with E-state index in [4.69, 9.17) is 0 Å². The summed E-state index contributed by atoms with van der Waals surface area (Å²) in [6.45, 7) is 0.877. The summed E-state index contributed by atoms with van der Waals surface area (Å²) >= 11 is 0. The molecule has 0 atom stereocenters. The van der Waals surface area contributed by atoms with Crippen molar-refractivity contribution in [3.63, 3.8) is 0 Å². The van der Waals surface area contributed by atoms with Crippen molar-refractivity contribution in [1.29, 1.82) is 0 Å². The van der Waals surface area contributed by atoms with Gasteiger partial charge in [-0.25, -0.2) is 4.57 Å². The van der Waals surface area contributed by atoms with Crippen LogP contribution in [0.25, 0.3) is 43.4 Å². The highest BCUT2D eigenvalue weighted by atomic mass is 19.4. The first-order valence-electron chi connectivity index (χ1n) is 25.3. The van der Waals surface area contributed by atoms with E-state index in [2.05, 4.69) is 126 Å². The molecule has 0 aliphatic carbocycles. The first-order chi connectivity index (χ1) is 40.6. The number of alkyl halides is 24. The van der Waals surface area contributed by atoms with Crippen LogP contribution in [0.4, 0.5) is 105 Å². The maximum absolute atomic E-state index is 14.2. The van der Waals surface area contributed by atoms with Crippen molar-refractivity contribution >= 4 is 60.3 Å². The molecule has 10 rings (SSSR count). The van der Waals surface area contributed by atoms with Crippen molar-refractivity contribution in [2.45, 2.75) is 56.0 Å². The number of hydrogen-bond donors (Lipinski definition) is 0. The number of halogens is 24. The zero-order chi connectivity index (χ0) is 64.5. The summed E-state index contributed by atoms with van der Waals surface area (Å²) in [6.07, 6.45) is -50.4. The number of hydrogen-bond acceptors (Lipinski definition) is 0. The molecule has 0 aliphatic heterocycles. The van der Waals surface area contributed by atoms with E-state index in [0.29, 0.717) is 0 Å². The average Bonchev–Trinajstić information content (AvgIpc) is 0.780. The second-order valence-corrected chi connectivity index (χ2v) is 20.4. The van der Waals surface area contributed by atoms with Crippen molar-refractivity contribution in [3.8, 4) is 11.1 Å². The Hall–Kier alpha value is -8.71. The van der Waals surface area contributed by atoms with E-state index in [1.807, 2.05) is 0 Å². The van der Waals surface area contributed by atoms with Gasteiger partial charge in [-0.05, 0) is 85.9 Å². The Morgan fingerprint density at radius 1 is 0.261 bits per heavy atom. The Labute approximate surface area is 480 Å². The summed E-state index contributed by atoms with van der Waals surface area (Å²) in [7, 11) is 0. The van der Waals surface area contributed by atoms with Gasteiger partial charge in [0, 0.05) is 17.7 Å². The van der Waals surface area contributed by atoms with Crippen LogP contribution in [0.5, 0.6) is 0 Å². The van der Waals surface area contributed by atoms with E-state index in [9.17, 15) is 105 Å². The minimum absolute atomic E-state index is 0.691. The normalized spacial score (nSPS) is 13.3. The summed E-state index contributed by atoms with van der Waals surface area (Å²) in [5.74, 6) is 0. The van der Waals surface area contributed by atoms with E-state index in [-0.39, 0.29) is 0 Å². The molecule has 0 saturated heterocycles. The van der Waals surface area contributed by atoms with Gasteiger partial charge in [0.15, 0.2) is 18.9 Å². The monoisotopic (exact) mass is 1260 g/mol. The molecule has 88 heavy (non-hydrogen) atoms. The Morgan fingerprint density at radius 3 is 0.875 bits per heavy atom. The van der Waals surface area contributed by atoms with Gasteiger partial charge in [-0.3, -0.25) is 0 Å². The fraction of sp³-hybridized carbons (Fsp3) is 0.145. The summed E-state index contributed by atoms with van der Waals surface area (Å²) in [5.41, 5.74) is -26.3. The lowest BCUT2D eigenvalue weighted by Crippen LogP contribution is -2.75. The molecule has 0 aliphatic rings. The first kappa shape index (κ1) is 63.8. The average molecular weight is 1260 g/mol. The van der Waals surface area contributed by atoms with E-state index in [1.54, 1.807) is 0 Å². The maximum atomic E-state index is 14.2. The lowest BCUT2D eigenvalue weighted by atomic mass is 9.12. The van der Waals surface area contributed by atoms with Gasteiger partial charge in [-0.1, -0.05) is 127 Å². The molecule has 0 saturated carbocycles. The van der Waals surface area contributed by atoms with Crippen molar-refractivity contribution in [3.05, 3.63) is 244 Å². The fourth-order valence-electron chi connectivity index (χ4n) is 10.7. The molecule has 0 unspecified atom stereocenters. The Kier molecular flexibility index (Phi) is 16.3. The van der Waals surface area contributed by atoms with Gasteiger partial charge in [0.05, 0.1) is 44.5 Å². The molecule has 1 heterocycles. The third kappa shape index (κ3) is 13.4. The highest BCUT2D eigenvalue weighted by Gasteiger charge is 2.47. The van der Waals surface area contributed by atoms with Gasteiger partial charge < -0.3 is 0 Å². The van der Waals surface area contributed by atoms with Gasteiger partial charge in [0.25, 0.3) is 0 Å². The van der Waals surface area contributed by atoms with Gasteiger partial charge in [-0.15, -0.1) is 0 Å². The Morgan fingerprint density at radius 2 is 0.545 bits per heavy atom. The highest BCUT2D eigenvalue weighted by Crippen LogP contribution is 2.43. The zero-order valence-corrected chi connectivity index (χ0v) is 43.8. The van der Waals surface area contributed by atoms with E-state index >= 15 is 0 Å². The van der Waals surface area contributed by atoms with Crippen LogP contribution in [0.3, 0.4) is 0 Å². The molecular weight excluding hydrogens is 1230 g/mol. The number of rotatable bonds is 7. The third-order valence-corrected chi connectivity index (χ3v) is 14.6. The van der Waals surface area contributed by atoms with Crippen molar-refractivity contribution in [1.82, 2.24) is 0 Å². The highest BCUT2D eigenvalue weighted by molar-refractivity contribution is 7.20. The topological polar surface area (TPSA) is 3.88 Å². The summed E-state index contributed by atoms with van der Waals surface area (Å²) in [5, 5.41) is 7.73. The molecule has 0 N–H and O–H groups in total. The number of pyridine rings is 1. The molecule has 10 aromatic rings. The predicted molar refractivity (Wildman–Crippen MR) is 280 cm³/mol. The summed E-state index contributed by atoms with van der Waals surface area (Å²) < 4.78 is 343. The molecule has 26 heteroatoms. The van der Waals surface area contributed by atoms with Crippen LogP contribution in [-0.2, 0) is 56.0 Å². The molecule has 0 fully saturated rings. The van der Waals surface area contributed by atoms with Crippen LogP contribution in [0.1, 0.15) is 50.1 Å². The zero-order valence-electron chi connectivity index (χ0n) is 43.8. The van der Waals surface area contributed by atoms with Crippen LogP contribution in [-0.4, -0.2) is 6.15 Å². The van der Waals surface area contributed by atoms with Gasteiger partial charge in [0.1, 0.15) is 6.15 Å². The molecule has 0 bridgehead atoms. The van der Waals surface area contributed by atoms with E-state index < -0.39 is 195 Å². The number of aromatic nitrogens is 1. The van der Waals surface area contributed by atoms with Crippen LogP contribution >= 0.6 is 0 Å².